The van der Waals surface area contributed by atoms with Gasteiger partial charge in [-0.25, -0.2) is 9.97 Å². The van der Waals surface area contributed by atoms with Crippen LogP contribution in [0.5, 0.6) is 0 Å². The van der Waals surface area contributed by atoms with Crippen molar-refractivity contribution in [3.63, 3.8) is 0 Å². The first-order valence-electron chi connectivity index (χ1n) is 4.96. The molecule has 10 heteroatoms. The fourth-order valence-corrected chi connectivity index (χ4v) is 1.29. The number of hydrogen-bond donors (Lipinski definition) is 2. The van der Waals surface area contributed by atoms with Crippen LogP contribution in [-0.4, -0.2) is 28.0 Å². The summed E-state index contributed by atoms with van der Waals surface area (Å²) in [5.74, 6) is 0. The number of nitrogens with one attached hydrogen (secondary N) is 1. The van der Waals surface area contributed by atoms with E-state index in [0.717, 1.165) is 12.4 Å². The Hall–Kier alpha value is -2.13. The average molecular weight is 298 g/mol. The molecular weight excluding hydrogens is 290 g/mol. The molecule has 0 aromatic carbocycles. The van der Waals surface area contributed by atoms with Crippen molar-refractivity contribution < 1.29 is 26.3 Å². The van der Waals surface area contributed by atoms with Gasteiger partial charge >= 0.3 is 12.4 Å². The van der Waals surface area contributed by atoms with Crippen molar-refractivity contribution in [3.05, 3.63) is 35.1 Å². The van der Waals surface area contributed by atoms with Crippen molar-refractivity contribution in [1.82, 2.24) is 9.97 Å². The molecule has 110 valence electrons. The van der Waals surface area contributed by atoms with Gasteiger partial charge in [0.25, 0.3) is 0 Å². The van der Waals surface area contributed by atoms with Gasteiger partial charge in [0.1, 0.15) is 17.6 Å². The summed E-state index contributed by atoms with van der Waals surface area (Å²) in [6.07, 6.45) is -9.99. The molecule has 1 rings (SSSR count). The highest BCUT2D eigenvalue weighted by Gasteiger charge is 2.46. The third kappa shape index (κ3) is 3.45. The van der Waals surface area contributed by atoms with Gasteiger partial charge in [0.05, 0.1) is 11.4 Å². The zero-order chi connectivity index (χ0) is 15.7. The minimum absolute atomic E-state index is 0.201. The molecule has 0 aliphatic rings. The Balaban J connectivity index is 3.45. The van der Waals surface area contributed by atoms with Crippen LogP contribution in [0.2, 0.25) is 0 Å². The summed E-state index contributed by atoms with van der Waals surface area (Å²) in [5, 5.41) is 7.30. The van der Waals surface area contributed by atoms with E-state index in [1.54, 1.807) is 0 Å². The quantitative estimate of drug-likeness (QED) is 0.650. The normalized spacial score (nSPS) is 13.9. The number of aryl methyl sites for hydroxylation is 1. The number of alkyl halides is 6. The van der Waals surface area contributed by atoms with Crippen molar-refractivity contribution in [2.75, 3.05) is 0 Å². The molecule has 1 aromatic heterocycles. The Kier molecular flexibility index (Phi) is 4.06. The fourth-order valence-electron chi connectivity index (χ4n) is 1.29. The number of nitrogens with zero attached hydrogens (tertiary/aromatic N) is 2. The van der Waals surface area contributed by atoms with Crippen LogP contribution in [0, 0.1) is 12.3 Å². The zero-order valence-corrected chi connectivity index (χ0v) is 9.89. The lowest BCUT2D eigenvalue weighted by Gasteiger charge is -2.17. The molecule has 0 aliphatic heterocycles. The van der Waals surface area contributed by atoms with Gasteiger partial charge in [-0.3, -0.25) is 5.41 Å². The van der Waals surface area contributed by atoms with Crippen molar-refractivity contribution in [2.45, 2.75) is 19.3 Å². The van der Waals surface area contributed by atoms with E-state index in [4.69, 9.17) is 5.41 Å². The minimum Gasteiger partial charge on any atom is -0.394 e. The third-order valence-corrected chi connectivity index (χ3v) is 2.17. The number of halogens is 6. The molecule has 0 unspecified atom stereocenters. The maximum absolute atomic E-state index is 12.7. The Morgan fingerprint density at radius 3 is 2.05 bits per heavy atom. The molecule has 0 atom stereocenters. The summed E-state index contributed by atoms with van der Waals surface area (Å²) >= 11 is 0. The topological polar surface area (TPSA) is 75.7 Å². The molecule has 0 bridgehead atoms. The molecule has 0 saturated heterocycles. The van der Waals surface area contributed by atoms with Gasteiger partial charge in [0, 0.05) is 5.69 Å². The summed E-state index contributed by atoms with van der Waals surface area (Å²) in [6, 6.07) is 0.956. The van der Waals surface area contributed by atoms with Crippen LogP contribution in [0.4, 0.5) is 26.3 Å². The molecule has 0 amide bonds. The Bertz CT molecular complexity index is 558. The number of aromatic nitrogens is 2. The van der Waals surface area contributed by atoms with Gasteiger partial charge < -0.3 is 5.73 Å². The van der Waals surface area contributed by atoms with E-state index in [1.165, 1.54) is 6.92 Å². The predicted octanol–water partition coefficient (Wildman–Crippen LogP) is 2.49. The molecular formula is C10H8F6N4. The molecule has 0 saturated carbocycles. The lowest BCUT2D eigenvalue weighted by Crippen LogP contribution is -2.32. The highest BCUT2D eigenvalue weighted by atomic mass is 19.4. The largest absolute Gasteiger partial charge is 0.431 e. The van der Waals surface area contributed by atoms with Crippen LogP contribution in [-0.2, 0) is 0 Å². The molecule has 0 radical (unpaired) electrons. The van der Waals surface area contributed by atoms with E-state index in [0.29, 0.717) is 0 Å². The molecule has 4 nitrogen and oxygen atoms in total. The summed E-state index contributed by atoms with van der Waals surface area (Å²) in [4.78, 5) is 6.92. The third-order valence-electron chi connectivity index (χ3n) is 2.17. The maximum Gasteiger partial charge on any atom is 0.431 e. The Morgan fingerprint density at radius 1 is 1.10 bits per heavy atom. The van der Waals surface area contributed by atoms with E-state index in [9.17, 15) is 26.3 Å². The van der Waals surface area contributed by atoms with E-state index in [2.05, 4.69) is 15.7 Å². The van der Waals surface area contributed by atoms with Crippen LogP contribution in [0.15, 0.2) is 23.7 Å². The van der Waals surface area contributed by atoms with Crippen molar-refractivity contribution in [2.24, 2.45) is 5.73 Å². The van der Waals surface area contributed by atoms with Gasteiger partial charge in [0.15, 0.2) is 0 Å². The van der Waals surface area contributed by atoms with E-state index >= 15 is 0 Å². The zero-order valence-electron chi connectivity index (χ0n) is 9.89. The number of hydrogen-bond acceptors (Lipinski definition) is 4. The molecule has 0 spiro atoms. The van der Waals surface area contributed by atoms with Crippen LogP contribution < -0.4 is 5.73 Å². The van der Waals surface area contributed by atoms with Gasteiger partial charge in [-0.2, -0.15) is 26.3 Å². The molecule has 0 fully saturated rings. The number of nitrogens with two attached hydrogens (primary N) is 1. The van der Waals surface area contributed by atoms with Crippen molar-refractivity contribution in [3.8, 4) is 0 Å². The number of allylic oxidation sites excluding steroid dienone is 2. The highest BCUT2D eigenvalue weighted by Crippen LogP contribution is 2.35. The first kappa shape index (κ1) is 15.9. The van der Waals surface area contributed by atoms with E-state index in [-0.39, 0.29) is 5.69 Å². The van der Waals surface area contributed by atoms with Gasteiger partial charge in [-0.05, 0) is 13.0 Å². The second kappa shape index (κ2) is 5.10. The van der Waals surface area contributed by atoms with Gasteiger partial charge in [0.2, 0.25) is 0 Å². The maximum atomic E-state index is 12.7. The summed E-state index contributed by atoms with van der Waals surface area (Å²) in [7, 11) is 0. The molecule has 1 heterocycles. The molecule has 20 heavy (non-hydrogen) atoms. The van der Waals surface area contributed by atoms with Gasteiger partial charge in [-0.1, -0.05) is 0 Å². The van der Waals surface area contributed by atoms with E-state index in [1.807, 2.05) is 0 Å². The summed E-state index contributed by atoms with van der Waals surface area (Å²) in [6.45, 7) is 1.39. The highest BCUT2D eigenvalue weighted by molar-refractivity contribution is 6.10. The van der Waals surface area contributed by atoms with Crippen molar-refractivity contribution >= 4 is 5.71 Å². The second-order valence-electron chi connectivity index (χ2n) is 3.70. The Labute approximate surface area is 108 Å². The molecule has 1 aromatic rings. The van der Waals surface area contributed by atoms with Crippen LogP contribution in [0.25, 0.3) is 0 Å². The van der Waals surface area contributed by atoms with Crippen LogP contribution in [0.1, 0.15) is 11.4 Å². The Morgan fingerprint density at radius 2 is 1.65 bits per heavy atom. The standard InChI is InChI=1S/C10H8F6N4/c1-4-2-5(20-3-19-4)7(17)6(9(11,12)13)8(18)10(14,15)16/h2-3,17H,18H2,1H3. The average Bonchev–Trinajstić information content (AvgIpc) is 2.25. The second-order valence-corrected chi connectivity index (χ2v) is 3.70. The van der Waals surface area contributed by atoms with Gasteiger partial charge in [-0.15, -0.1) is 0 Å². The van der Waals surface area contributed by atoms with Crippen LogP contribution in [0.3, 0.4) is 0 Å². The molecule has 3 N–H and O–H groups in total. The summed E-state index contributed by atoms with van der Waals surface area (Å²) < 4.78 is 75.3. The van der Waals surface area contributed by atoms with Crippen LogP contribution >= 0.6 is 0 Å². The lowest BCUT2D eigenvalue weighted by atomic mass is 10.0. The fraction of sp³-hybridized carbons (Fsp3) is 0.300. The lowest BCUT2D eigenvalue weighted by molar-refractivity contribution is -0.112. The SMILES string of the molecule is Cc1cc(C(=N)C(=C(N)C(F)(F)F)C(F)(F)F)ncn1. The smallest absolute Gasteiger partial charge is 0.394 e. The van der Waals surface area contributed by atoms with E-state index < -0.39 is 35.0 Å². The van der Waals surface area contributed by atoms with Crippen molar-refractivity contribution in [1.29, 1.82) is 5.41 Å². The monoisotopic (exact) mass is 298 g/mol. The minimum atomic E-state index is -5.43. The molecule has 0 aliphatic carbocycles. The first-order chi connectivity index (χ1) is 8.94. The summed E-state index contributed by atoms with van der Waals surface area (Å²) in [5.41, 5.74) is -2.01. The number of rotatable bonds is 2. The predicted molar refractivity (Wildman–Crippen MR) is 56.9 cm³/mol. The first-order valence-corrected chi connectivity index (χ1v) is 4.96.